The van der Waals surface area contributed by atoms with Crippen LogP contribution in [0.15, 0.2) is 4.99 Å². The molecule has 0 bridgehead atoms. The van der Waals surface area contributed by atoms with Crippen molar-refractivity contribution in [2.24, 2.45) is 4.99 Å². The second-order valence-corrected chi connectivity index (χ2v) is 4.18. The molecular formula is C12H24N2. The van der Waals surface area contributed by atoms with Gasteiger partial charge in [-0.1, -0.05) is 45.4 Å². The van der Waals surface area contributed by atoms with Crippen LogP contribution in [0.1, 0.15) is 51.9 Å². The summed E-state index contributed by atoms with van der Waals surface area (Å²) in [5.41, 5.74) is 0. The van der Waals surface area contributed by atoms with Gasteiger partial charge in [0.25, 0.3) is 0 Å². The molecule has 1 rings (SSSR count). The summed E-state index contributed by atoms with van der Waals surface area (Å²) < 4.78 is 0. The number of unbranched alkanes of at least 4 members (excludes halogenated alkanes) is 6. The lowest BCUT2D eigenvalue weighted by molar-refractivity contribution is 0.439. The molecule has 0 aromatic heterocycles. The van der Waals surface area contributed by atoms with Crippen molar-refractivity contribution in [2.75, 3.05) is 19.6 Å². The minimum absolute atomic E-state index is 1.01. The summed E-state index contributed by atoms with van der Waals surface area (Å²) in [5.74, 6) is 0. The van der Waals surface area contributed by atoms with E-state index in [4.69, 9.17) is 0 Å². The Hall–Kier alpha value is -0.530. The average Bonchev–Trinajstić information content (AvgIpc) is 2.69. The van der Waals surface area contributed by atoms with E-state index in [-0.39, 0.29) is 0 Å². The molecule has 0 saturated heterocycles. The van der Waals surface area contributed by atoms with Gasteiger partial charge in [0.05, 0.1) is 12.9 Å². The third-order valence-electron chi connectivity index (χ3n) is 2.81. The molecule has 82 valence electrons. The van der Waals surface area contributed by atoms with Crippen LogP contribution in [0.5, 0.6) is 0 Å². The number of rotatable bonds is 8. The maximum atomic E-state index is 4.21. The predicted molar refractivity (Wildman–Crippen MR) is 62.9 cm³/mol. The number of aliphatic imine (C=N–C) groups is 1. The van der Waals surface area contributed by atoms with Crippen molar-refractivity contribution >= 4 is 6.34 Å². The molecule has 1 heterocycles. The third-order valence-corrected chi connectivity index (χ3v) is 2.81. The number of nitrogens with zero attached hydrogens (tertiary/aromatic N) is 2. The molecule has 2 nitrogen and oxygen atoms in total. The molecule has 0 fully saturated rings. The Bertz CT molecular complexity index is 154. The zero-order chi connectivity index (χ0) is 10.1. The molecule has 1 aliphatic rings. The van der Waals surface area contributed by atoms with Gasteiger partial charge in [-0.2, -0.15) is 0 Å². The van der Waals surface area contributed by atoms with Crippen LogP contribution in [-0.2, 0) is 0 Å². The maximum Gasteiger partial charge on any atom is 0.0851 e. The van der Waals surface area contributed by atoms with Crippen molar-refractivity contribution in [1.29, 1.82) is 0 Å². The highest BCUT2D eigenvalue weighted by atomic mass is 15.2. The highest BCUT2D eigenvalue weighted by molar-refractivity contribution is 5.56. The van der Waals surface area contributed by atoms with Gasteiger partial charge in [-0.25, -0.2) is 0 Å². The van der Waals surface area contributed by atoms with Crippen molar-refractivity contribution < 1.29 is 0 Å². The van der Waals surface area contributed by atoms with Crippen LogP contribution in [0.4, 0.5) is 0 Å². The Balaban J connectivity index is 1.77. The SMILES string of the molecule is CCCCCCCCCN1C=NCC1. The lowest BCUT2D eigenvalue weighted by atomic mass is 10.1. The van der Waals surface area contributed by atoms with Crippen LogP contribution >= 0.6 is 0 Å². The normalized spacial score (nSPS) is 15.4. The Labute approximate surface area is 88.4 Å². The summed E-state index contributed by atoms with van der Waals surface area (Å²) in [5, 5.41) is 0. The molecule has 0 aromatic rings. The van der Waals surface area contributed by atoms with Gasteiger partial charge in [0, 0.05) is 13.1 Å². The van der Waals surface area contributed by atoms with Gasteiger partial charge in [0.15, 0.2) is 0 Å². The standard InChI is InChI=1S/C12H24N2/c1-2-3-4-5-6-7-8-10-14-11-9-13-12-14/h12H,2-11H2,1H3. The van der Waals surface area contributed by atoms with Gasteiger partial charge in [-0.3, -0.25) is 4.99 Å². The largest absolute Gasteiger partial charge is 0.361 e. The monoisotopic (exact) mass is 196 g/mol. The molecule has 0 N–H and O–H groups in total. The topological polar surface area (TPSA) is 15.6 Å². The highest BCUT2D eigenvalue weighted by Crippen LogP contribution is 2.07. The van der Waals surface area contributed by atoms with E-state index in [2.05, 4.69) is 16.8 Å². The molecule has 0 atom stereocenters. The summed E-state index contributed by atoms with van der Waals surface area (Å²) in [4.78, 5) is 6.54. The van der Waals surface area contributed by atoms with Crippen LogP contribution in [0.2, 0.25) is 0 Å². The van der Waals surface area contributed by atoms with E-state index in [0.717, 1.165) is 13.1 Å². The van der Waals surface area contributed by atoms with Crippen molar-refractivity contribution in [3.63, 3.8) is 0 Å². The van der Waals surface area contributed by atoms with Crippen molar-refractivity contribution in [1.82, 2.24) is 4.90 Å². The number of hydrogen-bond donors (Lipinski definition) is 0. The molecular weight excluding hydrogens is 172 g/mol. The summed E-state index contributed by atoms with van der Waals surface area (Å²) in [6.07, 6.45) is 11.8. The lowest BCUT2D eigenvalue weighted by Gasteiger charge is -2.12. The Morgan fingerprint density at radius 2 is 1.79 bits per heavy atom. The fourth-order valence-electron chi connectivity index (χ4n) is 1.86. The van der Waals surface area contributed by atoms with Gasteiger partial charge in [-0.05, 0) is 6.42 Å². The van der Waals surface area contributed by atoms with E-state index in [1.807, 2.05) is 6.34 Å². The van der Waals surface area contributed by atoms with Gasteiger partial charge < -0.3 is 4.90 Å². The molecule has 0 spiro atoms. The Kier molecular flexibility index (Phi) is 6.46. The van der Waals surface area contributed by atoms with Gasteiger partial charge in [-0.15, -0.1) is 0 Å². The van der Waals surface area contributed by atoms with E-state index in [1.165, 1.54) is 51.5 Å². The second-order valence-electron chi connectivity index (χ2n) is 4.18. The van der Waals surface area contributed by atoms with E-state index >= 15 is 0 Å². The van der Waals surface area contributed by atoms with Crippen LogP contribution < -0.4 is 0 Å². The summed E-state index contributed by atoms with van der Waals surface area (Å²) >= 11 is 0. The predicted octanol–water partition coefficient (Wildman–Crippen LogP) is 3.08. The van der Waals surface area contributed by atoms with Gasteiger partial charge >= 0.3 is 0 Å². The van der Waals surface area contributed by atoms with Gasteiger partial charge in [0.2, 0.25) is 0 Å². The van der Waals surface area contributed by atoms with E-state index in [1.54, 1.807) is 0 Å². The Morgan fingerprint density at radius 3 is 2.43 bits per heavy atom. The average molecular weight is 196 g/mol. The first-order valence-electron chi connectivity index (χ1n) is 6.17. The zero-order valence-corrected chi connectivity index (χ0v) is 9.54. The minimum Gasteiger partial charge on any atom is -0.361 e. The van der Waals surface area contributed by atoms with Crippen LogP contribution in [0, 0.1) is 0 Å². The molecule has 14 heavy (non-hydrogen) atoms. The molecule has 1 aliphatic heterocycles. The Morgan fingerprint density at radius 1 is 1.07 bits per heavy atom. The third kappa shape index (κ3) is 5.25. The second kappa shape index (κ2) is 7.84. The molecule has 0 saturated carbocycles. The number of hydrogen-bond acceptors (Lipinski definition) is 2. The summed E-state index contributed by atoms with van der Waals surface area (Å²) in [6, 6.07) is 0. The van der Waals surface area contributed by atoms with Crippen LogP contribution in [0.25, 0.3) is 0 Å². The molecule has 2 heteroatoms. The lowest BCUT2D eigenvalue weighted by Crippen LogP contribution is -2.20. The van der Waals surface area contributed by atoms with Crippen molar-refractivity contribution in [2.45, 2.75) is 51.9 Å². The van der Waals surface area contributed by atoms with E-state index in [9.17, 15) is 0 Å². The molecule has 0 radical (unpaired) electrons. The first kappa shape index (κ1) is 11.5. The highest BCUT2D eigenvalue weighted by Gasteiger charge is 2.03. The van der Waals surface area contributed by atoms with E-state index < -0.39 is 0 Å². The molecule has 0 aromatic carbocycles. The smallest absolute Gasteiger partial charge is 0.0851 e. The quantitative estimate of drug-likeness (QED) is 0.545. The van der Waals surface area contributed by atoms with Crippen molar-refractivity contribution in [3.05, 3.63) is 0 Å². The molecule has 0 unspecified atom stereocenters. The fourth-order valence-corrected chi connectivity index (χ4v) is 1.86. The fraction of sp³-hybridized carbons (Fsp3) is 0.917. The maximum absolute atomic E-state index is 4.21. The van der Waals surface area contributed by atoms with Crippen LogP contribution in [0.3, 0.4) is 0 Å². The summed E-state index contributed by atoms with van der Waals surface area (Å²) in [6.45, 7) is 5.65. The minimum atomic E-state index is 1.01. The van der Waals surface area contributed by atoms with Crippen molar-refractivity contribution in [3.8, 4) is 0 Å². The molecule has 0 aliphatic carbocycles. The molecule has 0 amide bonds. The van der Waals surface area contributed by atoms with Crippen LogP contribution in [-0.4, -0.2) is 30.9 Å². The first-order valence-corrected chi connectivity index (χ1v) is 6.17. The summed E-state index contributed by atoms with van der Waals surface area (Å²) in [7, 11) is 0. The first-order chi connectivity index (χ1) is 6.93. The van der Waals surface area contributed by atoms with Gasteiger partial charge in [0.1, 0.15) is 0 Å². The zero-order valence-electron chi connectivity index (χ0n) is 9.54. The van der Waals surface area contributed by atoms with E-state index in [0.29, 0.717) is 0 Å².